The largest absolute Gasteiger partial charge is 0.505 e. The number of aromatic nitrogens is 3. The Morgan fingerprint density at radius 1 is 0.920 bits per heavy atom. The van der Waals surface area contributed by atoms with Crippen LogP contribution in [0.4, 0.5) is 0 Å². The predicted molar refractivity (Wildman–Crippen MR) is 96.4 cm³/mol. The Labute approximate surface area is 146 Å². The highest BCUT2D eigenvalue weighted by molar-refractivity contribution is 5.85. The number of piperazine rings is 1. The molecule has 6 heteroatoms. The quantitative estimate of drug-likeness (QED) is 0.790. The van der Waals surface area contributed by atoms with Crippen molar-refractivity contribution in [1.29, 1.82) is 0 Å². The van der Waals surface area contributed by atoms with Gasteiger partial charge in [-0.3, -0.25) is 9.88 Å². The van der Waals surface area contributed by atoms with Crippen LogP contribution >= 0.6 is 0 Å². The van der Waals surface area contributed by atoms with Gasteiger partial charge in [-0.1, -0.05) is 18.2 Å². The number of fused-ring (bicyclic) bond motifs is 1. The van der Waals surface area contributed by atoms with Crippen molar-refractivity contribution in [3.63, 3.8) is 0 Å². The van der Waals surface area contributed by atoms with Gasteiger partial charge in [-0.15, -0.1) is 0 Å². The van der Waals surface area contributed by atoms with Crippen LogP contribution < -0.4 is 0 Å². The highest BCUT2D eigenvalue weighted by Crippen LogP contribution is 2.36. The number of aromatic hydroxyl groups is 1. The lowest BCUT2D eigenvalue weighted by Gasteiger charge is -2.37. The maximum atomic E-state index is 10.9. The van der Waals surface area contributed by atoms with E-state index in [-0.39, 0.29) is 11.8 Å². The summed E-state index contributed by atoms with van der Waals surface area (Å²) in [5, 5.41) is 11.8. The minimum atomic E-state index is -0.179. The number of phenols is 1. The zero-order valence-corrected chi connectivity index (χ0v) is 14.2. The van der Waals surface area contributed by atoms with Crippen LogP contribution in [0, 0.1) is 0 Å². The van der Waals surface area contributed by atoms with Crippen molar-refractivity contribution in [1.82, 2.24) is 24.8 Å². The van der Waals surface area contributed by atoms with Gasteiger partial charge in [-0.2, -0.15) is 0 Å². The average Bonchev–Trinajstić information content (AvgIpc) is 2.66. The molecule has 1 aromatic carbocycles. The summed E-state index contributed by atoms with van der Waals surface area (Å²) in [6.45, 7) is 3.77. The van der Waals surface area contributed by atoms with E-state index in [1.165, 1.54) is 0 Å². The first-order valence-electron chi connectivity index (χ1n) is 8.50. The Kier molecular flexibility index (Phi) is 4.29. The molecule has 2 aromatic heterocycles. The molecule has 1 aliphatic heterocycles. The third-order valence-electron chi connectivity index (χ3n) is 4.81. The van der Waals surface area contributed by atoms with Crippen LogP contribution in [0.2, 0.25) is 0 Å². The lowest BCUT2D eigenvalue weighted by atomic mass is 10.00. The van der Waals surface area contributed by atoms with E-state index >= 15 is 0 Å². The molecule has 4 rings (SSSR count). The standard InChI is InChI=1S/C19H21N5O/c1-23-10-12-24(13-11-23)17(19-21-8-3-9-22-19)15-6-5-14-4-2-7-20-16(14)18(15)25/h2-9,17,25H,10-13H2,1H3/t17-/m1/s1. The first-order chi connectivity index (χ1) is 12.2. The van der Waals surface area contributed by atoms with E-state index in [1.54, 1.807) is 18.6 Å². The van der Waals surface area contributed by atoms with Crippen molar-refractivity contribution in [2.45, 2.75) is 6.04 Å². The molecule has 6 nitrogen and oxygen atoms in total. The van der Waals surface area contributed by atoms with E-state index in [0.717, 1.165) is 37.1 Å². The fourth-order valence-corrected chi connectivity index (χ4v) is 3.40. The smallest absolute Gasteiger partial charge is 0.149 e. The zero-order chi connectivity index (χ0) is 17.2. The summed E-state index contributed by atoms with van der Waals surface area (Å²) in [6, 6.07) is 9.44. The summed E-state index contributed by atoms with van der Waals surface area (Å²) in [7, 11) is 2.13. The Balaban J connectivity index is 1.82. The van der Waals surface area contributed by atoms with Crippen molar-refractivity contribution < 1.29 is 5.11 Å². The van der Waals surface area contributed by atoms with Gasteiger partial charge in [0.15, 0.2) is 0 Å². The molecule has 3 aromatic rings. The van der Waals surface area contributed by atoms with Crippen molar-refractivity contribution in [2.24, 2.45) is 0 Å². The predicted octanol–water partition coefficient (Wildman–Crippen LogP) is 2.07. The number of hydrogen-bond acceptors (Lipinski definition) is 6. The van der Waals surface area contributed by atoms with Crippen LogP contribution in [0.25, 0.3) is 10.9 Å². The SMILES string of the molecule is CN1CCN([C@@H](c2ncccn2)c2ccc3cccnc3c2O)CC1. The average molecular weight is 335 g/mol. The number of phenolic OH excluding ortho intramolecular Hbond substituents is 1. The minimum absolute atomic E-state index is 0.179. The summed E-state index contributed by atoms with van der Waals surface area (Å²) in [6.07, 6.45) is 5.21. The normalized spacial score (nSPS) is 17.6. The summed E-state index contributed by atoms with van der Waals surface area (Å²) in [5.41, 5.74) is 1.43. The highest BCUT2D eigenvalue weighted by atomic mass is 16.3. The second-order valence-electron chi connectivity index (χ2n) is 6.43. The van der Waals surface area contributed by atoms with Gasteiger partial charge in [0.2, 0.25) is 0 Å². The number of benzene rings is 1. The molecular formula is C19H21N5O. The van der Waals surface area contributed by atoms with Crippen LogP contribution in [0.3, 0.4) is 0 Å². The minimum Gasteiger partial charge on any atom is -0.505 e. The molecule has 1 saturated heterocycles. The lowest BCUT2D eigenvalue weighted by molar-refractivity contribution is 0.122. The van der Waals surface area contributed by atoms with Crippen LogP contribution in [0.15, 0.2) is 48.9 Å². The second kappa shape index (κ2) is 6.74. The van der Waals surface area contributed by atoms with E-state index < -0.39 is 0 Å². The Morgan fingerprint density at radius 3 is 2.40 bits per heavy atom. The first kappa shape index (κ1) is 15.9. The monoisotopic (exact) mass is 335 g/mol. The molecule has 1 fully saturated rings. The van der Waals surface area contributed by atoms with Gasteiger partial charge in [0, 0.05) is 55.7 Å². The lowest BCUT2D eigenvalue weighted by Crippen LogP contribution is -2.46. The number of hydrogen-bond donors (Lipinski definition) is 1. The van der Waals surface area contributed by atoms with E-state index in [2.05, 4.69) is 31.8 Å². The molecule has 0 bridgehead atoms. The van der Waals surface area contributed by atoms with Crippen molar-refractivity contribution in [3.05, 3.63) is 60.3 Å². The third-order valence-corrected chi connectivity index (χ3v) is 4.81. The number of nitrogens with zero attached hydrogens (tertiary/aromatic N) is 5. The van der Waals surface area contributed by atoms with Gasteiger partial charge < -0.3 is 10.0 Å². The molecule has 1 N–H and O–H groups in total. The first-order valence-corrected chi connectivity index (χ1v) is 8.50. The molecule has 128 valence electrons. The molecule has 0 radical (unpaired) electrons. The van der Waals surface area contributed by atoms with Crippen LogP contribution in [-0.4, -0.2) is 63.1 Å². The maximum Gasteiger partial charge on any atom is 0.149 e. The highest BCUT2D eigenvalue weighted by Gasteiger charge is 2.30. The summed E-state index contributed by atoms with van der Waals surface area (Å²) in [5.74, 6) is 0.923. The van der Waals surface area contributed by atoms with Crippen molar-refractivity contribution in [3.8, 4) is 5.75 Å². The fourth-order valence-electron chi connectivity index (χ4n) is 3.40. The van der Waals surface area contributed by atoms with Gasteiger partial charge in [0.25, 0.3) is 0 Å². The van der Waals surface area contributed by atoms with Gasteiger partial charge in [0.05, 0.1) is 6.04 Å². The molecule has 0 aliphatic carbocycles. The Morgan fingerprint density at radius 2 is 1.64 bits per heavy atom. The maximum absolute atomic E-state index is 10.9. The van der Waals surface area contributed by atoms with Crippen LogP contribution in [0.5, 0.6) is 5.75 Å². The number of pyridine rings is 1. The van der Waals surface area contributed by atoms with Gasteiger partial charge in [0.1, 0.15) is 17.1 Å². The zero-order valence-electron chi connectivity index (χ0n) is 14.2. The molecule has 0 unspecified atom stereocenters. The second-order valence-corrected chi connectivity index (χ2v) is 6.43. The van der Waals surface area contributed by atoms with Crippen molar-refractivity contribution >= 4 is 10.9 Å². The van der Waals surface area contributed by atoms with Gasteiger partial charge in [-0.05, 0) is 19.2 Å². The van der Waals surface area contributed by atoms with Crippen molar-refractivity contribution in [2.75, 3.05) is 33.2 Å². The molecule has 1 aliphatic rings. The molecule has 25 heavy (non-hydrogen) atoms. The fraction of sp³-hybridized carbons (Fsp3) is 0.316. The molecule has 0 amide bonds. The Bertz CT molecular complexity index is 862. The topological polar surface area (TPSA) is 65.4 Å². The summed E-state index contributed by atoms with van der Waals surface area (Å²) < 4.78 is 0. The van der Waals surface area contributed by atoms with E-state index in [0.29, 0.717) is 11.3 Å². The van der Waals surface area contributed by atoms with Gasteiger partial charge in [-0.25, -0.2) is 9.97 Å². The van der Waals surface area contributed by atoms with Crippen LogP contribution in [-0.2, 0) is 0 Å². The summed E-state index contributed by atoms with van der Waals surface area (Å²) in [4.78, 5) is 17.9. The van der Waals surface area contributed by atoms with Crippen LogP contribution in [0.1, 0.15) is 17.4 Å². The van der Waals surface area contributed by atoms with E-state index in [1.807, 2.05) is 30.3 Å². The molecule has 0 spiro atoms. The number of rotatable bonds is 3. The number of likely N-dealkylation sites (N-methyl/N-ethyl adjacent to an activating group) is 1. The molecule has 0 saturated carbocycles. The van der Waals surface area contributed by atoms with E-state index in [9.17, 15) is 5.11 Å². The summed E-state index contributed by atoms with van der Waals surface area (Å²) >= 11 is 0. The third kappa shape index (κ3) is 3.06. The molecule has 1 atom stereocenters. The molecular weight excluding hydrogens is 314 g/mol. The Hall–Kier alpha value is -2.57. The van der Waals surface area contributed by atoms with E-state index in [4.69, 9.17) is 0 Å². The molecule has 3 heterocycles. The van der Waals surface area contributed by atoms with Gasteiger partial charge >= 0.3 is 0 Å².